The van der Waals surface area contributed by atoms with E-state index < -0.39 is 0 Å². The summed E-state index contributed by atoms with van der Waals surface area (Å²) in [4.78, 5) is 4.41. The van der Waals surface area contributed by atoms with Gasteiger partial charge in [-0.2, -0.15) is 10.1 Å². The highest BCUT2D eigenvalue weighted by molar-refractivity contribution is 6.33. The Morgan fingerprint density at radius 1 is 1.07 bits per heavy atom. The van der Waals surface area contributed by atoms with Crippen LogP contribution in [-0.4, -0.2) is 35.4 Å². The Bertz CT molecular complexity index is 911. The summed E-state index contributed by atoms with van der Waals surface area (Å²) < 4.78 is 10.8. The number of anilines is 3. The van der Waals surface area contributed by atoms with E-state index >= 15 is 0 Å². The molecule has 1 heterocycles. The number of aryl methyl sites for hydroxylation is 2. The predicted molar refractivity (Wildman–Crippen MR) is 111 cm³/mol. The molecule has 0 saturated heterocycles. The molecule has 1 aromatic heterocycles. The summed E-state index contributed by atoms with van der Waals surface area (Å²) >= 11 is 6.34. The maximum absolute atomic E-state index is 6.34. The average molecular weight is 400 g/mol. The largest absolute Gasteiger partial charge is 0.497 e. The minimum atomic E-state index is 0.407. The third-order valence-electron chi connectivity index (χ3n) is 3.96. The van der Waals surface area contributed by atoms with Crippen molar-refractivity contribution >= 4 is 29.1 Å². The molecule has 0 aliphatic carbocycles. The van der Waals surface area contributed by atoms with Crippen LogP contribution in [0, 0.1) is 13.8 Å². The molecule has 0 fully saturated rings. The highest BCUT2D eigenvalue weighted by Gasteiger charge is 2.08. The van der Waals surface area contributed by atoms with E-state index in [1.165, 1.54) is 0 Å². The van der Waals surface area contributed by atoms with Crippen LogP contribution < -0.4 is 20.1 Å². The van der Waals surface area contributed by atoms with Crippen molar-refractivity contribution in [1.29, 1.82) is 0 Å². The van der Waals surface area contributed by atoms with Gasteiger partial charge in [0.1, 0.15) is 18.1 Å². The lowest BCUT2D eigenvalue weighted by atomic mass is 10.1. The first-order chi connectivity index (χ1) is 13.5. The van der Waals surface area contributed by atoms with E-state index in [0.29, 0.717) is 29.9 Å². The number of hydrogen-bond donors (Lipinski definition) is 2. The second-order valence-electron chi connectivity index (χ2n) is 6.18. The lowest BCUT2D eigenvalue weighted by Crippen LogP contribution is -2.14. The maximum atomic E-state index is 6.34. The number of ether oxygens (including phenoxy) is 2. The highest BCUT2D eigenvalue weighted by atomic mass is 35.5. The molecule has 0 saturated carbocycles. The average Bonchev–Trinajstić information content (AvgIpc) is 2.69. The van der Waals surface area contributed by atoms with Crippen LogP contribution in [0.1, 0.15) is 11.1 Å². The van der Waals surface area contributed by atoms with Crippen molar-refractivity contribution in [2.75, 3.05) is 30.9 Å². The Kier molecular flexibility index (Phi) is 6.49. The molecule has 0 radical (unpaired) electrons. The first kappa shape index (κ1) is 19.7. The molecule has 0 aliphatic heterocycles. The van der Waals surface area contributed by atoms with Crippen LogP contribution in [0.2, 0.25) is 5.02 Å². The van der Waals surface area contributed by atoms with Crippen molar-refractivity contribution in [2.24, 2.45) is 0 Å². The van der Waals surface area contributed by atoms with E-state index in [1.54, 1.807) is 13.3 Å². The van der Waals surface area contributed by atoms with Crippen LogP contribution in [0.4, 0.5) is 17.5 Å². The fourth-order valence-corrected chi connectivity index (χ4v) is 3.01. The molecular formula is C20H22ClN5O2. The fraction of sp³-hybridized carbons (Fsp3) is 0.250. The fourth-order valence-electron chi connectivity index (χ4n) is 2.64. The van der Waals surface area contributed by atoms with Crippen LogP contribution in [0.25, 0.3) is 0 Å². The summed E-state index contributed by atoms with van der Waals surface area (Å²) in [5.41, 5.74) is 2.95. The molecule has 0 spiro atoms. The molecule has 0 aliphatic rings. The molecule has 7 nitrogen and oxygen atoms in total. The van der Waals surface area contributed by atoms with Crippen LogP contribution in [0.3, 0.4) is 0 Å². The van der Waals surface area contributed by atoms with Gasteiger partial charge in [-0.25, -0.2) is 0 Å². The van der Waals surface area contributed by atoms with Gasteiger partial charge in [-0.15, -0.1) is 5.10 Å². The third kappa shape index (κ3) is 5.23. The van der Waals surface area contributed by atoms with Crippen LogP contribution >= 0.6 is 11.6 Å². The van der Waals surface area contributed by atoms with E-state index in [2.05, 4.69) is 31.9 Å². The Hall–Kier alpha value is -3.06. The Morgan fingerprint density at radius 3 is 2.54 bits per heavy atom. The number of nitrogens with one attached hydrogen (secondary N) is 2. The van der Waals surface area contributed by atoms with E-state index in [1.807, 2.05) is 44.2 Å². The molecule has 0 unspecified atom stereocenters. The molecule has 0 bridgehead atoms. The van der Waals surface area contributed by atoms with Crippen LogP contribution in [0.15, 0.2) is 42.6 Å². The lowest BCUT2D eigenvalue weighted by molar-refractivity contribution is 0.331. The van der Waals surface area contributed by atoms with E-state index in [4.69, 9.17) is 21.1 Å². The molecule has 2 aromatic carbocycles. The number of benzene rings is 2. The zero-order valence-electron chi connectivity index (χ0n) is 16.0. The van der Waals surface area contributed by atoms with Crippen LogP contribution in [0.5, 0.6) is 11.5 Å². The number of nitrogens with zero attached hydrogens (tertiary/aromatic N) is 3. The Morgan fingerprint density at radius 2 is 1.82 bits per heavy atom. The quantitative estimate of drug-likeness (QED) is 0.544. The predicted octanol–water partition coefficient (Wildman–Crippen LogP) is 4.38. The van der Waals surface area contributed by atoms with Gasteiger partial charge in [0.15, 0.2) is 5.82 Å². The zero-order valence-corrected chi connectivity index (χ0v) is 16.7. The zero-order chi connectivity index (χ0) is 19.9. The van der Waals surface area contributed by atoms with Crippen molar-refractivity contribution in [3.63, 3.8) is 0 Å². The maximum Gasteiger partial charge on any atom is 0.244 e. The van der Waals surface area contributed by atoms with Crippen molar-refractivity contribution in [3.05, 3.63) is 58.7 Å². The summed E-state index contributed by atoms with van der Waals surface area (Å²) in [7, 11) is 1.63. The molecular weight excluding hydrogens is 378 g/mol. The molecule has 146 valence electrons. The highest BCUT2D eigenvalue weighted by Crippen LogP contribution is 2.29. The minimum Gasteiger partial charge on any atom is -0.497 e. The van der Waals surface area contributed by atoms with Gasteiger partial charge >= 0.3 is 0 Å². The number of methoxy groups -OCH3 is 1. The van der Waals surface area contributed by atoms with Gasteiger partial charge in [-0.05, 0) is 55.3 Å². The monoisotopic (exact) mass is 399 g/mol. The van der Waals surface area contributed by atoms with Gasteiger partial charge < -0.3 is 20.1 Å². The first-order valence-corrected chi connectivity index (χ1v) is 9.17. The van der Waals surface area contributed by atoms with Gasteiger partial charge in [0.05, 0.1) is 30.6 Å². The van der Waals surface area contributed by atoms with Crippen molar-refractivity contribution in [3.8, 4) is 11.5 Å². The van der Waals surface area contributed by atoms with Gasteiger partial charge in [0.2, 0.25) is 5.95 Å². The summed E-state index contributed by atoms with van der Waals surface area (Å²) in [6.07, 6.45) is 1.55. The van der Waals surface area contributed by atoms with Crippen molar-refractivity contribution in [1.82, 2.24) is 15.2 Å². The van der Waals surface area contributed by atoms with Crippen LogP contribution in [-0.2, 0) is 0 Å². The molecule has 28 heavy (non-hydrogen) atoms. The van der Waals surface area contributed by atoms with E-state index in [9.17, 15) is 0 Å². The van der Waals surface area contributed by atoms with Crippen molar-refractivity contribution in [2.45, 2.75) is 13.8 Å². The van der Waals surface area contributed by atoms with Crippen molar-refractivity contribution < 1.29 is 9.47 Å². The molecule has 0 amide bonds. The van der Waals surface area contributed by atoms with Gasteiger partial charge in [0.25, 0.3) is 0 Å². The van der Waals surface area contributed by atoms with Gasteiger partial charge in [0, 0.05) is 0 Å². The van der Waals surface area contributed by atoms with E-state index in [-0.39, 0.29) is 0 Å². The Labute approximate surface area is 169 Å². The third-order valence-corrected chi connectivity index (χ3v) is 4.26. The SMILES string of the molecule is COc1ccc(OCCNc2nncc(Nc3c(C)cc(C)cc3Cl)n2)cc1. The molecule has 8 heteroatoms. The second kappa shape index (κ2) is 9.23. The first-order valence-electron chi connectivity index (χ1n) is 8.79. The van der Waals surface area contributed by atoms with Gasteiger partial charge in [-0.1, -0.05) is 17.7 Å². The smallest absolute Gasteiger partial charge is 0.244 e. The summed E-state index contributed by atoms with van der Waals surface area (Å²) in [5, 5.41) is 14.9. The molecule has 3 aromatic rings. The summed E-state index contributed by atoms with van der Waals surface area (Å²) in [5.74, 6) is 2.52. The number of hydrogen-bond acceptors (Lipinski definition) is 7. The number of aromatic nitrogens is 3. The van der Waals surface area contributed by atoms with E-state index in [0.717, 1.165) is 28.3 Å². The normalized spacial score (nSPS) is 10.4. The second-order valence-corrected chi connectivity index (χ2v) is 6.59. The molecule has 3 rings (SSSR count). The number of halogens is 1. The minimum absolute atomic E-state index is 0.407. The summed E-state index contributed by atoms with van der Waals surface area (Å²) in [6, 6.07) is 11.4. The summed E-state index contributed by atoms with van der Waals surface area (Å²) in [6.45, 7) is 4.98. The van der Waals surface area contributed by atoms with Gasteiger partial charge in [-0.3, -0.25) is 0 Å². The number of rotatable bonds is 8. The molecule has 0 atom stereocenters. The Balaban J connectivity index is 1.55. The standard InChI is InChI=1S/C20H22ClN5O2/c1-13-10-14(2)19(17(21)11-13)24-18-12-23-26-20(25-18)22-8-9-28-16-6-4-15(27-3)5-7-16/h4-7,10-12H,8-9H2,1-3H3,(H2,22,24,25,26). The molecule has 2 N–H and O–H groups in total. The lowest BCUT2D eigenvalue weighted by Gasteiger charge is -2.12. The topological polar surface area (TPSA) is 81.2 Å².